The first kappa shape index (κ1) is 15.5. The predicted octanol–water partition coefficient (Wildman–Crippen LogP) is 0.992. The summed E-state index contributed by atoms with van der Waals surface area (Å²) in [5, 5.41) is 2.96. The van der Waals surface area contributed by atoms with Gasteiger partial charge in [-0.3, -0.25) is 19.0 Å². The zero-order valence-electron chi connectivity index (χ0n) is 13.4. The third-order valence-corrected chi connectivity index (χ3v) is 4.28. The third kappa shape index (κ3) is 3.18. The zero-order chi connectivity index (χ0) is 16.4. The van der Waals surface area contributed by atoms with Crippen molar-refractivity contribution in [1.29, 1.82) is 0 Å². The summed E-state index contributed by atoms with van der Waals surface area (Å²) in [5.41, 5.74) is 1.66. The maximum Gasteiger partial charge on any atom is 0.225 e. The fraction of sp³-hybridized carbons (Fsp3) is 0.500. The minimum absolute atomic E-state index is 0.00726. The van der Waals surface area contributed by atoms with Gasteiger partial charge in [-0.2, -0.15) is 0 Å². The lowest BCUT2D eigenvalue weighted by Gasteiger charge is -2.34. The number of imidazole rings is 1. The van der Waals surface area contributed by atoms with E-state index in [0.29, 0.717) is 25.9 Å². The second-order valence-corrected chi connectivity index (χ2v) is 6.15. The summed E-state index contributed by atoms with van der Waals surface area (Å²) < 4.78 is 1.90. The second-order valence-electron chi connectivity index (χ2n) is 6.15. The standard InChI is InChI=1S/C16H21N5O2/c1-11(2)21-10-12(3-4-15(21)22)16(23)19-8-13-7-18-14-9-17-5-6-20(13)14/h5-7,9,11-12H,3-4,8,10H2,1-2H3,(H,19,23). The Labute approximate surface area is 134 Å². The van der Waals surface area contributed by atoms with Crippen molar-refractivity contribution in [3.05, 3.63) is 30.5 Å². The van der Waals surface area contributed by atoms with Gasteiger partial charge in [0.2, 0.25) is 11.8 Å². The van der Waals surface area contributed by atoms with Crippen molar-refractivity contribution in [3.8, 4) is 0 Å². The van der Waals surface area contributed by atoms with Crippen LogP contribution in [-0.2, 0) is 16.1 Å². The lowest BCUT2D eigenvalue weighted by atomic mass is 9.95. The third-order valence-electron chi connectivity index (χ3n) is 4.28. The number of carbonyl (C=O) groups is 2. The lowest BCUT2D eigenvalue weighted by molar-refractivity contribution is -0.140. The molecule has 3 heterocycles. The minimum atomic E-state index is -0.143. The fourth-order valence-corrected chi connectivity index (χ4v) is 2.93. The van der Waals surface area contributed by atoms with Gasteiger partial charge in [-0.25, -0.2) is 4.98 Å². The summed E-state index contributed by atoms with van der Waals surface area (Å²) in [7, 11) is 0. The van der Waals surface area contributed by atoms with Crippen LogP contribution in [-0.4, -0.2) is 43.7 Å². The summed E-state index contributed by atoms with van der Waals surface area (Å²) in [5.74, 6) is -0.0126. The number of hydrogen-bond acceptors (Lipinski definition) is 4. The summed E-state index contributed by atoms with van der Waals surface area (Å²) >= 11 is 0. The summed E-state index contributed by atoms with van der Waals surface area (Å²) in [6.07, 6.45) is 7.99. The number of hydrogen-bond donors (Lipinski definition) is 1. The van der Waals surface area contributed by atoms with E-state index in [2.05, 4.69) is 15.3 Å². The minimum Gasteiger partial charge on any atom is -0.350 e. The highest BCUT2D eigenvalue weighted by atomic mass is 16.2. The Balaban J connectivity index is 1.62. The summed E-state index contributed by atoms with van der Waals surface area (Å²) in [6.45, 7) is 4.87. The zero-order valence-corrected chi connectivity index (χ0v) is 13.4. The maximum absolute atomic E-state index is 12.4. The average molecular weight is 315 g/mol. The number of carbonyl (C=O) groups excluding carboxylic acids is 2. The van der Waals surface area contributed by atoms with E-state index in [1.165, 1.54) is 0 Å². The normalized spacial score (nSPS) is 18.7. The van der Waals surface area contributed by atoms with Gasteiger partial charge in [-0.15, -0.1) is 0 Å². The molecule has 122 valence electrons. The monoisotopic (exact) mass is 315 g/mol. The lowest BCUT2D eigenvalue weighted by Crippen LogP contribution is -2.48. The Bertz CT molecular complexity index is 724. The van der Waals surface area contributed by atoms with E-state index in [4.69, 9.17) is 0 Å². The van der Waals surface area contributed by atoms with Crippen LogP contribution in [0.4, 0.5) is 0 Å². The Morgan fingerprint density at radius 3 is 3.04 bits per heavy atom. The van der Waals surface area contributed by atoms with Crippen molar-refractivity contribution in [3.63, 3.8) is 0 Å². The van der Waals surface area contributed by atoms with Crippen LogP contribution in [0.1, 0.15) is 32.4 Å². The van der Waals surface area contributed by atoms with Gasteiger partial charge in [0, 0.05) is 31.4 Å². The van der Waals surface area contributed by atoms with Crippen LogP contribution in [0.2, 0.25) is 0 Å². The summed E-state index contributed by atoms with van der Waals surface area (Å²) in [6, 6.07) is 0.129. The molecular weight excluding hydrogens is 294 g/mol. The molecule has 0 saturated carbocycles. The quantitative estimate of drug-likeness (QED) is 0.912. The number of nitrogens with one attached hydrogen (secondary N) is 1. The average Bonchev–Trinajstić information content (AvgIpc) is 2.96. The van der Waals surface area contributed by atoms with Crippen LogP contribution in [0.15, 0.2) is 24.8 Å². The molecule has 23 heavy (non-hydrogen) atoms. The molecule has 0 aromatic carbocycles. The molecule has 1 atom stereocenters. The molecule has 1 aliphatic rings. The topological polar surface area (TPSA) is 79.6 Å². The SMILES string of the molecule is CC(C)N1CC(C(=O)NCc2cnc3cnccn23)CCC1=O. The highest BCUT2D eigenvalue weighted by molar-refractivity contribution is 5.83. The highest BCUT2D eigenvalue weighted by Gasteiger charge is 2.31. The largest absolute Gasteiger partial charge is 0.350 e. The maximum atomic E-state index is 12.4. The van der Waals surface area contributed by atoms with E-state index in [1.807, 2.05) is 24.4 Å². The Hall–Kier alpha value is -2.44. The van der Waals surface area contributed by atoms with Gasteiger partial charge in [0.05, 0.1) is 30.6 Å². The van der Waals surface area contributed by atoms with Crippen molar-refractivity contribution < 1.29 is 9.59 Å². The van der Waals surface area contributed by atoms with Crippen molar-refractivity contribution >= 4 is 17.5 Å². The first-order valence-electron chi connectivity index (χ1n) is 7.89. The Kier molecular flexibility index (Phi) is 4.27. The number of likely N-dealkylation sites (tertiary alicyclic amines) is 1. The van der Waals surface area contributed by atoms with Gasteiger partial charge in [0.15, 0.2) is 5.65 Å². The van der Waals surface area contributed by atoms with Crippen LogP contribution in [0.25, 0.3) is 5.65 Å². The first-order chi connectivity index (χ1) is 11.1. The number of fused-ring (bicyclic) bond motifs is 1. The highest BCUT2D eigenvalue weighted by Crippen LogP contribution is 2.20. The van der Waals surface area contributed by atoms with E-state index in [9.17, 15) is 9.59 Å². The Morgan fingerprint density at radius 1 is 1.43 bits per heavy atom. The van der Waals surface area contributed by atoms with E-state index >= 15 is 0 Å². The molecule has 0 radical (unpaired) electrons. The van der Waals surface area contributed by atoms with E-state index in [-0.39, 0.29) is 23.8 Å². The van der Waals surface area contributed by atoms with Crippen molar-refractivity contribution in [2.45, 2.75) is 39.3 Å². The van der Waals surface area contributed by atoms with Crippen LogP contribution >= 0.6 is 0 Å². The van der Waals surface area contributed by atoms with Crippen molar-refractivity contribution in [2.75, 3.05) is 6.54 Å². The molecule has 1 fully saturated rings. The molecular formula is C16H21N5O2. The first-order valence-corrected chi connectivity index (χ1v) is 7.89. The van der Waals surface area contributed by atoms with Gasteiger partial charge < -0.3 is 10.2 Å². The van der Waals surface area contributed by atoms with Crippen LogP contribution < -0.4 is 5.32 Å². The van der Waals surface area contributed by atoms with E-state index < -0.39 is 0 Å². The molecule has 2 aromatic heterocycles. The molecule has 0 spiro atoms. The molecule has 0 bridgehead atoms. The molecule has 2 amide bonds. The summed E-state index contributed by atoms with van der Waals surface area (Å²) in [4.78, 5) is 34.3. The smallest absolute Gasteiger partial charge is 0.225 e. The number of rotatable bonds is 4. The predicted molar refractivity (Wildman–Crippen MR) is 84.4 cm³/mol. The number of piperidine rings is 1. The number of amides is 2. The van der Waals surface area contributed by atoms with Gasteiger partial charge in [0.1, 0.15) is 0 Å². The number of aromatic nitrogens is 3. The molecule has 1 N–H and O–H groups in total. The molecule has 2 aromatic rings. The van der Waals surface area contributed by atoms with Gasteiger partial charge >= 0.3 is 0 Å². The molecule has 1 unspecified atom stereocenters. The van der Waals surface area contributed by atoms with Gasteiger partial charge in [0.25, 0.3) is 0 Å². The van der Waals surface area contributed by atoms with Crippen LogP contribution in [0, 0.1) is 5.92 Å². The van der Waals surface area contributed by atoms with Gasteiger partial charge in [-0.1, -0.05) is 0 Å². The molecule has 1 saturated heterocycles. The number of nitrogens with zero attached hydrogens (tertiary/aromatic N) is 4. The van der Waals surface area contributed by atoms with Crippen LogP contribution in [0.3, 0.4) is 0 Å². The van der Waals surface area contributed by atoms with Crippen LogP contribution in [0.5, 0.6) is 0 Å². The van der Waals surface area contributed by atoms with Crippen molar-refractivity contribution in [1.82, 2.24) is 24.6 Å². The second kappa shape index (κ2) is 6.36. The van der Waals surface area contributed by atoms with Gasteiger partial charge in [-0.05, 0) is 20.3 Å². The molecule has 7 nitrogen and oxygen atoms in total. The molecule has 1 aliphatic heterocycles. The molecule has 3 rings (SSSR count). The molecule has 7 heteroatoms. The fourth-order valence-electron chi connectivity index (χ4n) is 2.93. The van der Waals surface area contributed by atoms with E-state index in [0.717, 1.165) is 11.3 Å². The van der Waals surface area contributed by atoms with E-state index in [1.54, 1.807) is 23.5 Å². The molecule has 0 aliphatic carbocycles. The van der Waals surface area contributed by atoms with Crippen molar-refractivity contribution in [2.24, 2.45) is 5.92 Å². The Morgan fingerprint density at radius 2 is 2.26 bits per heavy atom.